The second-order valence-corrected chi connectivity index (χ2v) is 3.16. The van der Waals surface area contributed by atoms with Crippen LogP contribution in [0.5, 0.6) is 0 Å². The van der Waals surface area contributed by atoms with Gasteiger partial charge in [0.1, 0.15) is 0 Å². The lowest BCUT2D eigenvalue weighted by molar-refractivity contribution is 1.22. The molecule has 0 heterocycles. The average Bonchev–Trinajstić information content (AvgIpc) is 2.18. The van der Waals surface area contributed by atoms with E-state index in [-0.39, 0.29) is 0 Å². The number of hydrogen-bond acceptors (Lipinski definition) is 1. The lowest BCUT2D eigenvalue weighted by Gasteiger charge is -2.01. The molecule has 0 aliphatic rings. The Bertz CT molecular complexity index is 189. The molecule has 3 heteroatoms. The highest BCUT2D eigenvalue weighted by Gasteiger charge is 1.84. The summed E-state index contributed by atoms with van der Waals surface area (Å²) in [6.07, 6.45) is 0. The number of anilines is 1. The molecule has 0 aliphatic carbocycles. The Kier molecular flexibility index (Phi) is 9.39. The third-order valence-corrected chi connectivity index (χ3v) is 1.39. The first kappa shape index (κ1) is 12.6. The van der Waals surface area contributed by atoms with E-state index < -0.39 is 0 Å². The summed E-state index contributed by atoms with van der Waals surface area (Å²) in [5.41, 5.74) is 1.13. The van der Waals surface area contributed by atoms with Gasteiger partial charge in [-0.05, 0) is 12.1 Å². The fraction of sp³-hybridized carbons (Fsp3) is 0.400. The van der Waals surface area contributed by atoms with Crippen LogP contribution in [0.15, 0.2) is 30.3 Å². The molecule has 1 nitrogen and oxygen atoms in total. The van der Waals surface area contributed by atoms with Crippen molar-refractivity contribution in [3.8, 4) is 0 Å². The smallest absolute Gasteiger partial charge is 0.0396 e. The van der Waals surface area contributed by atoms with Crippen LogP contribution in [-0.4, -0.2) is 18.3 Å². The molecule has 1 N–H and O–H groups in total. The Morgan fingerprint density at radius 2 is 1.69 bits per heavy atom. The zero-order valence-corrected chi connectivity index (χ0v) is 9.28. The molecule has 0 aliphatic heterocycles. The Hall–Kier alpha value is -0.400. The van der Waals surface area contributed by atoms with Crippen molar-refractivity contribution in [1.82, 2.24) is 0 Å². The van der Waals surface area contributed by atoms with Crippen molar-refractivity contribution in [1.29, 1.82) is 0 Å². The Balaban J connectivity index is 0.000000424. The number of para-hydroxylation sites is 1. The standard InChI is InChI=1S/C8H10ClN.C2H5Cl/c9-6-7-10-8-4-2-1-3-5-8;1-2-3/h1-5,10H,6-7H2;2H2,1H3. The van der Waals surface area contributed by atoms with Crippen LogP contribution < -0.4 is 5.32 Å². The van der Waals surface area contributed by atoms with E-state index in [4.69, 9.17) is 23.2 Å². The van der Waals surface area contributed by atoms with Crippen molar-refractivity contribution in [2.75, 3.05) is 23.6 Å². The number of hydrogen-bond donors (Lipinski definition) is 1. The zero-order valence-electron chi connectivity index (χ0n) is 7.76. The van der Waals surface area contributed by atoms with Gasteiger partial charge in [0.25, 0.3) is 0 Å². The Morgan fingerprint density at radius 3 is 2.15 bits per heavy atom. The predicted molar refractivity (Wildman–Crippen MR) is 62.0 cm³/mol. The summed E-state index contributed by atoms with van der Waals surface area (Å²) < 4.78 is 0. The van der Waals surface area contributed by atoms with Gasteiger partial charge in [0.15, 0.2) is 0 Å². The fourth-order valence-corrected chi connectivity index (χ4v) is 0.842. The van der Waals surface area contributed by atoms with Crippen molar-refractivity contribution in [2.45, 2.75) is 6.92 Å². The van der Waals surface area contributed by atoms with E-state index in [0.29, 0.717) is 5.88 Å². The van der Waals surface area contributed by atoms with Crippen LogP contribution in [-0.2, 0) is 0 Å². The third kappa shape index (κ3) is 7.94. The summed E-state index contributed by atoms with van der Waals surface area (Å²) >= 11 is 10.5. The zero-order chi connectivity index (χ0) is 9.94. The molecule has 0 unspecified atom stereocenters. The molecule has 0 saturated carbocycles. The summed E-state index contributed by atoms with van der Waals surface area (Å²) in [4.78, 5) is 0. The molecule has 0 radical (unpaired) electrons. The highest BCUT2D eigenvalue weighted by Crippen LogP contribution is 2.03. The normalized spacial score (nSPS) is 8.54. The van der Waals surface area contributed by atoms with Crippen LogP contribution in [0.4, 0.5) is 5.69 Å². The van der Waals surface area contributed by atoms with Gasteiger partial charge in [-0.2, -0.15) is 0 Å². The molecule has 1 rings (SSSR count). The Morgan fingerprint density at radius 1 is 1.15 bits per heavy atom. The largest absolute Gasteiger partial charge is 0.384 e. The minimum absolute atomic E-state index is 0.648. The molecule has 13 heavy (non-hydrogen) atoms. The van der Waals surface area contributed by atoms with Crippen LogP contribution in [0.25, 0.3) is 0 Å². The van der Waals surface area contributed by atoms with Crippen molar-refractivity contribution in [3.63, 3.8) is 0 Å². The molecule has 0 atom stereocenters. The van der Waals surface area contributed by atoms with Gasteiger partial charge < -0.3 is 5.32 Å². The van der Waals surface area contributed by atoms with Gasteiger partial charge in [0.05, 0.1) is 0 Å². The van der Waals surface area contributed by atoms with Gasteiger partial charge >= 0.3 is 0 Å². The molecule has 0 fully saturated rings. The van der Waals surface area contributed by atoms with Gasteiger partial charge in [-0.25, -0.2) is 0 Å². The second-order valence-electron chi connectivity index (χ2n) is 2.25. The van der Waals surface area contributed by atoms with Crippen molar-refractivity contribution in [2.24, 2.45) is 0 Å². The minimum atomic E-state index is 0.648. The maximum Gasteiger partial charge on any atom is 0.0396 e. The molecule has 0 bridgehead atoms. The van der Waals surface area contributed by atoms with E-state index in [0.717, 1.165) is 18.1 Å². The van der Waals surface area contributed by atoms with Gasteiger partial charge in [0.2, 0.25) is 0 Å². The second kappa shape index (κ2) is 9.69. The Labute approximate surface area is 90.1 Å². The molecule has 0 spiro atoms. The van der Waals surface area contributed by atoms with Gasteiger partial charge in [-0.15, -0.1) is 23.2 Å². The molecular weight excluding hydrogens is 205 g/mol. The first-order valence-corrected chi connectivity index (χ1v) is 5.32. The molecule has 0 saturated heterocycles. The molecule has 0 amide bonds. The minimum Gasteiger partial charge on any atom is -0.384 e. The third-order valence-electron chi connectivity index (χ3n) is 1.20. The topological polar surface area (TPSA) is 12.0 Å². The summed E-state index contributed by atoms with van der Waals surface area (Å²) in [7, 11) is 0. The van der Waals surface area contributed by atoms with Crippen molar-refractivity contribution in [3.05, 3.63) is 30.3 Å². The molecule has 74 valence electrons. The van der Waals surface area contributed by atoms with Crippen LogP contribution >= 0.6 is 23.2 Å². The number of benzene rings is 1. The first-order chi connectivity index (χ1) is 6.35. The molecule has 1 aromatic carbocycles. The van der Waals surface area contributed by atoms with E-state index in [1.54, 1.807) is 0 Å². The highest BCUT2D eigenvalue weighted by molar-refractivity contribution is 6.18. The molecular formula is C10H15Cl2N. The lowest BCUT2D eigenvalue weighted by atomic mass is 10.3. The van der Waals surface area contributed by atoms with E-state index in [2.05, 4.69) is 5.32 Å². The molecule has 1 aromatic rings. The van der Waals surface area contributed by atoms with Crippen LogP contribution in [0.1, 0.15) is 6.92 Å². The van der Waals surface area contributed by atoms with Gasteiger partial charge in [-0.3, -0.25) is 0 Å². The maximum atomic E-state index is 5.49. The highest BCUT2D eigenvalue weighted by atomic mass is 35.5. The quantitative estimate of drug-likeness (QED) is 0.767. The fourth-order valence-electron chi connectivity index (χ4n) is 0.748. The average molecular weight is 220 g/mol. The number of alkyl halides is 2. The monoisotopic (exact) mass is 219 g/mol. The summed E-state index contributed by atoms with van der Waals surface area (Å²) in [5.74, 6) is 1.37. The van der Waals surface area contributed by atoms with E-state index in [1.165, 1.54) is 0 Å². The first-order valence-electron chi connectivity index (χ1n) is 4.26. The van der Waals surface area contributed by atoms with Crippen LogP contribution in [0.3, 0.4) is 0 Å². The predicted octanol–water partition coefficient (Wildman–Crippen LogP) is 3.58. The van der Waals surface area contributed by atoms with Crippen LogP contribution in [0.2, 0.25) is 0 Å². The maximum absolute atomic E-state index is 5.49. The van der Waals surface area contributed by atoms with E-state index in [9.17, 15) is 0 Å². The summed E-state index contributed by atoms with van der Waals surface area (Å²) in [5, 5.41) is 3.16. The number of nitrogens with one attached hydrogen (secondary N) is 1. The van der Waals surface area contributed by atoms with E-state index >= 15 is 0 Å². The van der Waals surface area contributed by atoms with Crippen molar-refractivity contribution < 1.29 is 0 Å². The van der Waals surface area contributed by atoms with Gasteiger partial charge in [-0.1, -0.05) is 25.1 Å². The summed E-state index contributed by atoms with van der Waals surface area (Å²) in [6.45, 7) is 2.72. The number of rotatable bonds is 3. The SMILES string of the molecule is CCCl.ClCCNc1ccccc1. The summed E-state index contributed by atoms with van der Waals surface area (Å²) in [6, 6.07) is 10.0. The van der Waals surface area contributed by atoms with E-state index in [1.807, 2.05) is 37.3 Å². The van der Waals surface area contributed by atoms with Crippen molar-refractivity contribution >= 4 is 28.9 Å². The molecule has 0 aromatic heterocycles. The van der Waals surface area contributed by atoms with Crippen LogP contribution in [0, 0.1) is 0 Å². The van der Waals surface area contributed by atoms with Gasteiger partial charge in [0, 0.05) is 24.0 Å². The lowest BCUT2D eigenvalue weighted by Crippen LogP contribution is -2.01. The number of halogens is 2.